The summed E-state index contributed by atoms with van der Waals surface area (Å²) in [6.45, 7) is 7.53. The van der Waals surface area contributed by atoms with Crippen molar-refractivity contribution >= 4 is 11.8 Å². The zero-order valence-corrected chi connectivity index (χ0v) is 12.3. The molecule has 18 heavy (non-hydrogen) atoms. The molecule has 1 saturated heterocycles. The number of thioether (sulfide) groups is 1. The van der Waals surface area contributed by atoms with Gasteiger partial charge in [-0.1, -0.05) is 19.1 Å². The Morgan fingerprint density at radius 2 is 1.94 bits per heavy atom. The van der Waals surface area contributed by atoms with Crippen molar-refractivity contribution in [2.24, 2.45) is 5.92 Å². The van der Waals surface area contributed by atoms with E-state index in [2.05, 4.69) is 50.4 Å². The van der Waals surface area contributed by atoms with Crippen LogP contribution in [0.3, 0.4) is 0 Å². The fourth-order valence-corrected chi connectivity index (χ4v) is 3.32. The molecule has 1 aromatic carbocycles. The van der Waals surface area contributed by atoms with Crippen LogP contribution in [0.15, 0.2) is 24.3 Å². The van der Waals surface area contributed by atoms with Gasteiger partial charge in [0.15, 0.2) is 0 Å². The van der Waals surface area contributed by atoms with Gasteiger partial charge in [0.05, 0.1) is 6.10 Å². The Hall–Kier alpha value is -0.670. The van der Waals surface area contributed by atoms with Gasteiger partial charge in [0.2, 0.25) is 0 Å². The molecule has 1 fully saturated rings. The second kappa shape index (κ2) is 6.48. The lowest BCUT2D eigenvalue weighted by Crippen LogP contribution is -2.25. The molecule has 0 spiro atoms. The van der Waals surface area contributed by atoms with Crippen molar-refractivity contribution in [3.8, 4) is 5.75 Å². The van der Waals surface area contributed by atoms with Gasteiger partial charge in [0.1, 0.15) is 5.75 Å². The van der Waals surface area contributed by atoms with Crippen molar-refractivity contribution in [3.63, 3.8) is 0 Å². The van der Waals surface area contributed by atoms with E-state index in [4.69, 9.17) is 4.74 Å². The molecule has 1 aromatic rings. The Morgan fingerprint density at radius 3 is 2.61 bits per heavy atom. The Morgan fingerprint density at radius 1 is 1.22 bits per heavy atom. The molecule has 2 nitrogen and oxygen atoms in total. The first-order chi connectivity index (χ1) is 8.65. The third-order valence-corrected chi connectivity index (χ3v) is 4.43. The smallest absolute Gasteiger partial charge is 0.119 e. The van der Waals surface area contributed by atoms with Crippen molar-refractivity contribution in [1.29, 1.82) is 0 Å². The average Bonchev–Trinajstić information content (AvgIpc) is 2.54. The van der Waals surface area contributed by atoms with Crippen LogP contribution in [0.25, 0.3) is 0 Å². The largest absolute Gasteiger partial charge is 0.491 e. The maximum Gasteiger partial charge on any atom is 0.119 e. The third-order valence-electron chi connectivity index (χ3n) is 3.05. The maximum absolute atomic E-state index is 5.67. The van der Waals surface area contributed by atoms with Crippen molar-refractivity contribution in [1.82, 2.24) is 5.32 Å². The maximum atomic E-state index is 5.67. The Balaban J connectivity index is 2.00. The van der Waals surface area contributed by atoms with Gasteiger partial charge < -0.3 is 10.1 Å². The summed E-state index contributed by atoms with van der Waals surface area (Å²) in [6, 6.07) is 9.01. The molecular weight excluding hydrogens is 242 g/mol. The van der Waals surface area contributed by atoms with E-state index in [1.54, 1.807) is 0 Å². The number of hydrogen-bond acceptors (Lipinski definition) is 3. The number of rotatable bonds is 3. The minimum absolute atomic E-state index is 0.239. The lowest BCUT2D eigenvalue weighted by Gasteiger charge is -2.17. The zero-order chi connectivity index (χ0) is 13.0. The average molecular weight is 265 g/mol. The molecule has 0 saturated carbocycles. The van der Waals surface area contributed by atoms with Crippen molar-refractivity contribution in [2.45, 2.75) is 32.9 Å². The van der Waals surface area contributed by atoms with Crippen LogP contribution in [0.1, 0.15) is 32.4 Å². The number of benzene rings is 1. The molecule has 1 heterocycles. The summed E-state index contributed by atoms with van der Waals surface area (Å²) < 4.78 is 5.67. The van der Waals surface area contributed by atoms with E-state index >= 15 is 0 Å². The summed E-state index contributed by atoms with van der Waals surface area (Å²) in [4.78, 5) is 0. The molecule has 1 aliphatic rings. The van der Waals surface area contributed by atoms with Crippen molar-refractivity contribution < 1.29 is 4.74 Å². The van der Waals surface area contributed by atoms with E-state index in [0.29, 0.717) is 6.04 Å². The Labute approximate surface area is 114 Å². The van der Waals surface area contributed by atoms with Gasteiger partial charge in [-0.2, -0.15) is 11.8 Å². The van der Waals surface area contributed by atoms with E-state index in [1.165, 1.54) is 11.3 Å². The Kier molecular flexibility index (Phi) is 4.95. The van der Waals surface area contributed by atoms with E-state index in [9.17, 15) is 0 Å². The van der Waals surface area contributed by atoms with Crippen LogP contribution in [0.4, 0.5) is 0 Å². The summed E-state index contributed by atoms with van der Waals surface area (Å²) in [5.41, 5.74) is 1.37. The molecule has 1 aliphatic heterocycles. The predicted molar refractivity (Wildman–Crippen MR) is 79.4 cm³/mol. The van der Waals surface area contributed by atoms with E-state index in [1.807, 2.05) is 11.8 Å². The highest BCUT2D eigenvalue weighted by Gasteiger charge is 2.17. The molecule has 2 unspecified atom stereocenters. The van der Waals surface area contributed by atoms with Gasteiger partial charge in [0.25, 0.3) is 0 Å². The van der Waals surface area contributed by atoms with Gasteiger partial charge in [-0.15, -0.1) is 0 Å². The van der Waals surface area contributed by atoms with Crippen molar-refractivity contribution in [3.05, 3.63) is 29.8 Å². The molecule has 0 bridgehead atoms. The van der Waals surface area contributed by atoms with Gasteiger partial charge in [-0.05, 0) is 49.8 Å². The summed E-state index contributed by atoms with van der Waals surface area (Å²) in [6.07, 6.45) is 0.239. The minimum atomic E-state index is 0.239. The van der Waals surface area contributed by atoms with E-state index < -0.39 is 0 Å². The lowest BCUT2D eigenvalue weighted by atomic mass is 10.1. The second-order valence-corrected chi connectivity index (χ2v) is 6.41. The first-order valence-corrected chi connectivity index (χ1v) is 7.88. The monoisotopic (exact) mass is 265 g/mol. The predicted octanol–water partition coefficient (Wildman–Crippen LogP) is 3.49. The van der Waals surface area contributed by atoms with Crippen LogP contribution >= 0.6 is 11.8 Å². The van der Waals surface area contributed by atoms with E-state index in [0.717, 1.165) is 24.0 Å². The topological polar surface area (TPSA) is 21.3 Å². The summed E-state index contributed by atoms with van der Waals surface area (Å²) in [7, 11) is 0. The van der Waals surface area contributed by atoms with Crippen LogP contribution in [0, 0.1) is 5.92 Å². The second-order valence-electron chi connectivity index (χ2n) is 5.34. The zero-order valence-electron chi connectivity index (χ0n) is 11.5. The molecule has 2 rings (SSSR count). The highest BCUT2D eigenvalue weighted by atomic mass is 32.2. The van der Waals surface area contributed by atoms with Crippen LogP contribution in [-0.4, -0.2) is 24.2 Å². The highest BCUT2D eigenvalue weighted by Crippen LogP contribution is 2.25. The number of hydrogen-bond donors (Lipinski definition) is 1. The fourth-order valence-electron chi connectivity index (χ4n) is 2.11. The quantitative estimate of drug-likeness (QED) is 0.904. The summed E-state index contributed by atoms with van der Waals surface area (Å²) >= 11 is 2.05. The van der Waals surface area contributed by atoms with Crippen LogP contribution in [0.2, 0.25) is 0 Å². The molecule has 0 aromatic heterocycles. The Bertz CT molecular complexity index is 363. The SMILES string of the molecule is CC1CNC(c2ccc(OC(C)C)cc2)CSC1. The first-order valence-electron chi connectivity index (χ1n) is 6.73. The minimum Gasteiger partial charge on any atom is -0.491 e. The van der Waals surface area contributed by atoms with Gasteiger partial charge in [-0.25, -0.2) is 0 Å². The first kappa shape index (κ1) is 13.8. The molecule has 3 heteroatoms. The fraction of sp³-hybridized carbons (Fsp3) is 0.600. The molecule has 1 N–H and O–H groups in total. The third kappa shape index (κ3) is 3.92. The molecular formula is C15H23NOS. The molecule has 2 atom stereocenters. The van der Waals surface area contributed by atoms with Gasteiger partial charge in [-0.3, -0.25) is 0 Å². The molecule has 100 valence electrons. The van der Waals surface area contributed by atoms with Gasteiger partial charge in [0, 0.05) is 11.8 Å². The molecule has 0 aliphatic carbocycles. The molecule has 0 amide bonds. The van der Waals surface area contributed by atoms with Crippen LogP contribution in [0.5, 0.6) is 5.75 Å². The van der Waals surface area contributed by atoms with Gasteiger partial charge >= 0.3 is 0 Å². The molecule has 0 radical (unpaired) electrons. The van der Waals surface area contributed by atoms with Crippen molar-refractivity contribution in [2.75, 3.05) is 18.1 Å². The number of nitrogens with one attached hydrogen (secondary N) is 1. The standard InChI is InChI=1S/C15H23NOS/c1-11(2)17-14-6-4-13(5-7-14)15-10-18-9-12(3)8-16-15/h4-7,11-12,15-16H,8-10H2,1-3H3. The lowest BCUT2D eigenvalue weighted by molar-refractivity contribution is 0.242. The normalized spacial score (nSPS) is 24.9. The summed E-state index contributed by atoms with van der Waals surface area (Å²) in [5, 5.41) is 3.65. The van der Waals surface area contributed by atoms with Crippen LogP contribution in [-0.2, 0) is 0 Å². The number of ether oxygens (including phenoxy) is 1. The van der Waals surface area contributed by atoms with Crippen LogP contribution < -0.4 is 10.1 Å². The summed E-state index contributed by atoms with van der Waals surface area (Å²) in [5.74, 6) is 4.15. The highest BCUT2D eigenvalue weighted by molar-refractivity contribution is 7.99. The van der Waals surface area contributed by atoms with E-state index in [-0.39, 0.29) is 6.10 Å².